The summed E-state index contributed by atoms with van der Waals surface area (Å²) in [5.74, 6) is 0.351. The number of rotatable bonds is 5. The van der Waals surface area contributed by atoms with Crippen LogP contribution in [0.1, 0.15) is 17.9 Å². The van der Waals surface area contributed by atoms with Gasteiger partial charge in [0, 0.05) is 32.1 Å². The predicted molar refractivity (Wildman–Crippen MR) is 87.6 cm³/mol. The molecule has 0 spiro atoms. The summed E-state index contributed by atoms with van der Waals surface area (Å²) in [7, 11) is 0. The van der Waals surface area contributed by atoms with Crippen LogP contribution in [0.3, 0.4) is 0 Å². The molecule has 1 aliphatic carbocycles. The zero-order valence-corrected chi connectivity index (χ0v) is 13.9. The Labute approximate surface area is 140 Å². The normalized spacial score (nSPS) is 25.0. The largest absolute Gasteiger partial charge is 0.379 e. The van der Waals surface area contributed by atoms with Crippen LogP contribution in [0.25, 0.3) is 0 Å². The smallest absolute Gasteiger partial charge is 0.223 e. The van der Waals surface area contributed by atoms with E-state index in [2.05, 4.69) is 10.2 Å². The molecule has 2 atom stereocenters. The zero-order chi connectivity index (χ0) is 15.5. The minimum Gasteiger partial charge on any atom is -0.379 e. The summed E-state index contributed by atoms with van der Waals surface area (Å²) in [6.07, 6.45) is 0.851. The molecule has 1 N–H and O–H groups in total. The number of hydrogen-bond acceptors (Lipinski definition) is 3. The summed E-state index contributed by atoms with van der Waals surface area (Å²) in [6.45, 7) is 5.02. The molecule has 1 aromatic rings. The van der Waals surface area contributed by atoms with Crippen molar-refractivity contribution >= 4 is 29.1 Å². The van der Waals surface area contributed by atoms with Crippen LogP contribution < -0.4 is 5.32 Å². The number of hydrogen-bond donors (Lipinski definition) is 1. The van der Waals surface area contributed by atoms with Crippen LogP contribution in [0.15, 0.2) is 18.2 Å². The molecule has 1 saturated heterocycles. The maximum absolute atomic E-state index is 12.2. The van der Waals surface area contributed by atoms with Gasteiger partial charge in [0.15, 0.2) is 0 Å². The molecule has 2 aliphatic rings. The van der Waals surface area contributed by atoms with Crippen LogP contribution in [0.2, 0.25) is 10.0 Å². The zero-order valence-electron chi connectivity index (χ0n) is 12.4. The molecule has 2 unspecified atom stereocenters. The number of morpholine rings is 1. The van der Waals surface area contributed by atoms with E-state index in [9.17, 15) is 4.79 Å². The van der Waals surface area contributed by atoms with Gasteiger partial charge in [0.25, 0.3) is 0 Å². The van der Waals surface area contributed by atoms with Crippen LogP contribution in [0, 0.1) is 5.92 Å². The number of nitrogens with zero attached hydrogens (tertiary/aromatic N) is 1. The quantitative estimate of drug-likeness (QED) is 0.893. The van der Waals surface area contributed by atoms with E-state index in [1.807, 2.05) is 12.1 Å². The Morgan fingerprint density at radius 3 is 2.86 bits per heavy atom. The first-order valence-electron chi connectivity index (χ1n) is 7.68. The van der Waals surface area contributed by atoms with E-state index in [1.165, 1.54) is 0 Å². The van der Waals surface area contributed by atoms with Gasteiger partial charge in [-0.2, -0.15) is 0 Å². The summed E-state index contributed by atoms with van der Waals surface area (Å²) in [5, 5.41) is 4.16. The molecule has 1 heterocycles. The number of benzene rings is 1. The monoisotopic (exact) mass is 342 g/mol. The molecule has 1 saturated carbocycles. The van der Waals surface area contributed by atoms with Crippen molar-refractivity contribution in [1.29, 1.82) is 0 Å². The second-order valence-corrected chi connectivity index (χ2v) is 6.62. The molecule has 4 nitrogen and oxygen atoms in total. The summed E-state index contributed by atoms with van der Waals surface area (Å²) < 4.78 is 5.31. The van der Waals surface area contributed by atoms with Crippen LogP contribution in [-0.4, -0.2) is 50.2 Å². The lowest BCUT2D eigenvalue weighted by Crippen LogP contribution is -2.41. The van der Waals surface area contributed by atoms with Crippen LogP contribution in [0.4, 0.5) is 0 Å². The summed E-state index contributed by atoms with van der Waals surface area (Å²) in [6, 6.07) is 5.61. The van der Waals surface area contributed by atoms with Crippen molar-refractivity contribution in [2.45, 2.75) is 12.3 Å². The van der Waals surface area contributed by atoms with Gasteiger partial charge in [-0.15, -0.1) is 0 Å². The van der Waals surface area contributed by atoms with Crippen molar-refractivity contribution < 1.29 is 9.53 Å². The number of ether oxygens (including phenoxy) is 1. The molecule has 1 aromatic carbocycles. The fraction of sp³-hybridized carbons (Fsp3) is 0.562. The fourth-order valence-corrected chi connectivity index (χ4v) is 3.38. The molecule has 1 amide bonds. The van der Waals surface area contributed by atoms with Crippen molar-refractivity contribution in [2.24, 2.45) is 5.92 Å². The number of halogens is 2. The highest BCUT2D eigenvalue weighted by atomic mass is 35.5. The molecule has 1 aliphatic heterocycles. The molecule has 2 fully saturated rings. The van der Waals surface area contributed by atoms with Crippen molar-refractivity contribution in [3.05, 3.63) is 33.8 Å². The van der Waals surface area contributed by atoms with E-state index in [0.29, 0.717) is 16.6 Å². The molecular weight excluding hydrogens is 323 g/mol. The highest BCUT2D eigenvalue weighted by molar-refractivity contribution is 6.42. The fourth-order valence-electron chi connectivity index (χ4n) is 2.93. The van der Waals surface area contributed by atoms with Gasteiger partial charge in [-0.05, 0) is 24.0 Å². The molecule has 120 valence electrons. The molecule has 22 heavy (non-hydrogen) atoms. The van der Waals surface area contributed by atoms with Crippen LogP contribution >= 0.6 is 23.2 Å². The Morgan fingerprint density at radius 2 is 2.09 bits per heavy atom. The summed E-state index contributed by atoms with van der Waals surface area (Å²) in [4.78, 5) is 14.5. The molecule has 0 bridgehead atoms. The Bertz CT molecular complexity index is 547. The average molecular weight is 343 g/mol. The third-order valence-corrected chi connectivity index (χ3v) is 5.17. The highest BCUT2D eigenvalue weighted by Crippen LogP contribution is 2.50. The second-order valence-electron chi connectivity index (χ2n) is 5.84. The first-order valence-corrected chi connectivity index (χ1v) is 8.44. The number of nitrogens with one attached hydrogen (secondary N) is 1. The van der Waals surface area contributed by atoms with Crippen molar-refractivity contribution in [2.75, 3.05) is 39.4 Å². The lowest BCUT2D eigenvalue weighted by molar-refractivity contribution is -0.122. The van der Waals surface area contributed by atoms with E-state index < -0.39 is 0 Å². The molecular formula is C16H20Cl2N2O2. The first-order chi connectivity index (χ1) is 10.7. The van der Waals surface area contributed by atoms with E-state index in [-0.39, 0.29) is 17.7 Å². The van der Waals surface area contributed by atoms with Gasteiger partial charge in [-0.25, -0.2) is 0 Å². The van der Waals surface area contributed by atoms with Crippen LogP contribution in [0.5, 0.6) is 0 Å². The van der Waals surface area contributed by atoms with Crippen molar-refractivity contribution in [3.63, 3.8) is 0 Å². The lowest BCUT2D eigenvalue weighted by atomic mass is 10.1. The van der Waals surface area contributed by atoms with E-state index in [1.54, 1.807) is 6.07 Å². The van der Waals surface area contributed by atoms with Crippen molar-refractivity contribution in [3.8, 4) is 0 Å². The Balaban J connectivity index is 1.45. The topological polar surface area (TPSA) is 41.6 Å². The lowest BCUT2D eigenvalue weighted by Gasteiger charge is -2.26. The van der Waals surface area contributed by atoms with Gasteiger partial charge in [0.1, 0.15) is 0 Å². The van der Waals surface area contributed by atoms with Gasteiger partial charge in [0.2, 0.25) is 5.91 Å². The highest BCUT2D eigenvalue weighted by Gasteiger charge is 2.44. The third kappa shape index (κ3) is 3.74. The predicted octanol–water partition coefficient (Wildman–Crippen LogP) is 2.55. The van der Waals surface area contributed by atoms with Gasteiger partial charge in [0.05, 0.1) is 23.3 Å². The summed E-state index contributed by atoms with van der Waals surface area (Å²) in [5.41, 5.74) is 0.988. The van der Waals surface area contributed by atoms with E-state index >= 15 is 0 Å². The van der Waals surface area contributed by atoms with Gasteiger partial charge < -0.3 is 10.1 Å². The van der Waals surface area contributed by atoms with Crippen molar-refractivity contribution in [1.82, 2.24) is 10.2 Å². The van der Waals surface area contributed by atoms with Crippen LogP contribution in [-0.2, 0) is 9.53 Å². The molecule has 0 aromatic heterocycles. The molecule has 6 heteroatoms. The van der Waals surface area contributed by atoms with E-state index in [0.717, 1.165) is 44.8 Å². The Morgan fingerprint density at radius 1 is 1.32 bits per heavy atom. The number of amides is 1. The van der Waals surface area contributed by atoms with Gasteiger partial charge in [-0.3, -0.25) is 9.69 Å². The maximum atomic E-state index is 12.2. The van der Waals surface area contributed by atoms with Gasteiger partial charge >= 0.3 is 0 Å². The number of carbonyl (C=O) groups is 1. The average Bonchev–Trinajstić information content (AvgIpc) is 3.31. The second kappa shape index (κ2) is 7.18. The van der Waals surface area contributed by atoms with E-state index in [4.69, 9.17) is 27.9 Å². The summed E-state index contributed by atoms with van der Waals surface area (Å²) >= 11 is 12.3. The molecule has 3 rings (SSSR count). The Hall–Kier alpha value is -0.810. The minimum atomic E-state index is 0.0284. The third-order valence-electron chi connectivity index (χ3n) is 4.34. The maximum Gasteiger partial charge on any atom is 0.223 e. The minimum absolute atomic E-state index is 0.0284. The Kier molecular flexibility index (Phi) is 5.24. The first kappa shape index (κ1) is 16.1. The number of carbonyl (C=O) groups excluding carboxylic acids is 1. The SMILES string of the molecule is O=C(NCCN1CCOCC1)C1CC1c1cccc(Cl)c1Cl. The van der Waals surface area contributed by atoms with Gasteiger partial charge in [-0.1, -0.05) is 35.3 Å². The standard InChI is InChI=1S/C16H20Cl2N2O2/c17-14-3-1-2-11(15(14)18)12-10-13(12)16(21)19-4-5-20-6-8-22-9-7-20/h1-3,12-13H,4-10H2,(H,19,21). The molecule has 0 radical (unpaired) electrons.